The number of fused-ring (bicyclic) bond motifs is 1. The van der Waals surface area contributed by atoms with Gasteiger partial charge in [0.15, 0.2) is 0 Å². The smallest absolute Gasteiger partial charge is 0.0943 e. The molecule has 1 heterocycles. The minimum Gasteiger partial charge on any atom is -0.399 e. The van der Waals surface area contributed by atoms with Crippen LogP contribution in [0.3, 0.4) is 0 Å². The Morgan fingerprint density at radius 2 is 2.21 bits per heavy atom. The molecule has 98 valence electrons. The lowest BCUT2D eigenvalue weighted by Gasteiger charge is -2.24. The van der Waals surface area contributed by atoms with Gasteiger partial charge in [0.1, 0.15) is 0 Å². The van der Waals surface area contributed by atoms with Crippen molar-refractivity contribution in [2.75, 3.05) is 5.73 Å². The van der Waals surface area contributed by atoms with Crippen molar-refractivity contribution in [1.29, 1.82) is 0 Å². The van der Waals surface area contributed by atoms with Crippen molar-refractivity contribution in [3.8, 4) is 0 Å². The zero-order valence-corrected chi connectivity index (χ0v) is 11.2. The lowest BCUT2D eigenvalue weighted by atomic mass is 9.89. The second-order valence-electron chi connectivity index (χ2n) is 5.09. The van der Waals surface area contributed by atoms with Crippen LogP contribution in [0.15, 0.2) is 36.7 Å². The van der Waals surface area contributed by atoms with Gasteiger partial charge in [-0.05, 0) is 47.7 Å². The molecule has 0 saturated carbocycles. The van der Waals surface area contributed by atoms with E-state index in [0.717, 1.165) is 28.8 Å². The number of pyridine rings is 1. The zero-order valence-electron chi connectivity index (χ0n) is 10.4. The fourth-order valence-corrected chi connectivity index (χ4v) is 2.98. The number of nitrogen functional groups attached to an aromatic ring is 1. The highest BCUT2D eigenvalue weighted by molar-refractivity contribution is 6.31. The molecule has 3 N–H and O–H groups in total. The molecule has 0 spiro atoms. The Balaban J connectivity index is 1.97. The Kier molecular flexibility index (Phi) is 2.96. The topological polar surface area (TPSA) is 59.1 Å². The molecule has 1 aromatic carbocycles. The predicted octanol–water partition coefficient (Wildman–Crippen LogP) is 2.69. The molecule has 1 aliphatic carbocycles. The van der Waals surface area contributed by atoms with Crippen LogP contribution in [0.1, 0.15) is 23.1 Å². The number of aromatic nitrogens is 1. The maximum Gasteiger partial charge on any atom is 0.0943 e. The molecule has 0 fully saturated rings. The second-order valence-corrected chi connectivity index (χ2v) is 5.50. The number of rotatable bonds is 2. The minimum absolute atomic E-state index is 0.505. The van der Waals surface area contributed by atoms with Gasteiger partial charge in [-0.3, -0.25) is 4.98 Å². The van der Waals surface area contributed by atoms with Crippen LogP contribution >= 0.6 is 11.6 Å². The van der Waals surface area contributed by atoms with Crippen molar-refractivity contribution in [2.24, 2.45) is 0 Å². The third kappa shape index (κ3) is 2.20. The molecule has 2 aromatic rings. The fourth-order valence-electron chi connectivity index (χ4n) is 2.80. The molecule has 3 nitrogen and oxygen atoms in total. The van der Waals surface area contributed by atoms with Gasteiger partial charge in [-0.2, -0.15) is 0 Å². The Morgan fingerprint density at radius 3 is 3.00 bits per heavy atom. The predicted molar refractivity (Wildman–Crippen MR) is 76.0 cm³/mol. The van der Waals surface area contributed by atoms with Gasteiger partial charge >= 0.3 is 0 Å². The number of aryl methyl sites for hydroxylation is 1. The van der Waals surface area contributed by atoms with Crippen LogP contribution in [-0.2, 0) is 18.4 Å². The number of hydrogen-bond acceptors (Lipinski definition) is 3. The number of nitrogens with zero attached hydrogens (tertiary/aromatic N) is 1. The van der Waals surface area contributed by atoms with Crippen molar-refractivity contribution >= 4 is 17.3 Å². The highest BCUT2D eigenvalue weighted by Crippen LogP contribution is 2.40. The SMILES string of the molecule is Nc1ccc2c(c1)CCC2(O)Cc1ccncc1Cl. The molecule has 3 rings (SSSR count). The third-order valence-electron chi connectivity index (χ3n) is 3.78. The molecule has 19 heavy (non-hydrogen) atoms. The van der Waals surface area contributed by atoms with Crippen LogP contribution in [0.25, 0.3) is 0 Å². The van der Waals surface area contributed by atoms with E-state index in [1.807, 2.05) is 24.3 Å². The zero-order chi connectivity index (χ0) is 13.5. The van der Waals surface area contributed by atoms with Gasteiger partial charge in [-0.15, -0.1) is 0 Å². The molecule has 0 aliphatic heterocycles. The molecular formula is C15H15ClN2O. The van der Waals surface area contributed by atoms with E-state index in [-0.39, 0.29) is 0 Å². The van der Waals surface area contributed by atoms with Crippen molar-refractivity contribution in [3.05, 3.63) is 58.4 Å². The number of anilines is 1. The average Bonchev–Trinajstić information content (AvgIpc) is 2.70. The number of aliphatic hydroxyl groups is 1. The van der Waals surface area contributed by atoms with Crippen LogP contribution in [0.5, 0.6) is 0 Å². The summed E-state index contributed by atoms with van der Waals surface area (Å²) in [5, 5.41) is 11.5. The number of hydrogen-bond donors (Lipinski definition) is 2. The maximum absolute atomic E-state index is 10.9. The van der Waals surface area contributed by atoms with Gasteiger partial charge < -0.3 is 10.8 Å². The molecule has 1 aromatic heterocycles. The first-order valence-electron chi connectivity index (χ1n) is 6.28. The highest BCUT2D eigenvalue weighted by Gasteiger charge is 2.37. The minimum atomic E-state index is -0.853. The Bertz CT molecular complexity index is 629. The number of nitrogens with two attached hydrogens (primary N) is 1. The largest absolute Gasteiger partial charge is 0.399 e. The van der Waals surface area contributed by atoms with Crippen molar-refractivity contribution in [3.63, 3.8) is 0 Å². The van der Waals surface area contributed by atoms with E-state index in [9.17, 15) is 5.11 Å². The molecule has 4 heteroatoms. The lowest BCUT2D eigenvalue weighted by molar-refractivity contribution is 0.0390. The standard InChI is InChI=1S/C15H15ClN2O/c16-14-9-18-6-4-11(14)8-15(19)5-3-10-7-12(17)1-2-13(10)15/h1-2,4,6-7,9,19H,3,5,8,17H2. The average molecular weight is 275 g/mol. The summed E-state index contributed by atoms with van der Waals surface area (Å²) in [6.45, 7) is 0. The third-order valence-corrected chi connectivity index (χ3v) is 4.12. The molecular weight excluding hydrogens is 260 g/mol. The summed E-state index contributed by atoms with van der Waals surface area (Å²) in [4.78, 5) is 3.97. The van der Waals surface area contributed by atoms with E-state index in [2.05, 4.69) is 4.98 Å². The van der Waals surface area contributed by atoms with Gasteiger partial charge in [0.25, 0.3) is 0 Å². The van der Waals surface area contributed by atoms with Gasteiger partial charge in [-0.1, -0.05) is 17.7 Å². The fraction of sp³-hybridized carbons (Fsp3) is 0.267. The Hall–Kier alpha value is -1.58. The maximum atomic E-state index is 10.9. The normalized spacial score (nSPS) is 21.4. The number of benzene rings is 1. The van der Waals surface area contributed by atoms with Crippen molar-refractivity contribution in [1.82, 2.24) is 4.98 Å². The Morgan fingerprint density at radius 1 is 1.37 bits per heavy atom. The summed E-state index contributed by atoms with van der Waals surface area (Å²) >= 11 is 6.12. The number of halogens is 1. The molecule has 0 bridgehead atoms. The van der Waals surface area contributed by atoms with Crippen LogP contribution < -0.4 is 5.73 Å². The monoisotopic (exact) mass is 274 g/mol. The summed E-state index contributed by atoms with van der Waals surface area (Å²) in [6, 6.07) is 7.56. The summed E-state index contributed by atoms with van der Waals surface area (Å²) in [5.74, 6) is 0. The molecule has 0 amide bonds. The molecule has 1 unspecified atom stereocenters. The molecule has 1 aliphatic rings. The van der Waals surface area contributed by atoms with E-state index >= 15 is 0 Å². The van der Waals surface area contributed by atoms with E-state index in [1.54, 1.807) is 12.4 Å². The van der Waals surface area contributed by atoms with E-state index in [1.165, 1.54) is 0 Å². The molecule has 1 atom stereocenters. The summed E-state index contributed by atoms with van der Waals surface area (Å²) in [5.41, 5.74) is 8.69. The van der Waals surface area contributed by atoms with E-state index in [4.69, 9.17) is 17.3 Å². The van der Waals surface area contributed by atoms with Crippen LogP contribution in [-0.4, -0.2) is 10.1 Å². The first-order chi connectivity index (χ1) is 9.08. The lowest BCUT2D eigenvalue weighted by Crippen LogP contribution is -2.25. The van der Waals surface area contributed by atoms with Gasteiger partial charge in [-0.25, -0.2) is 0 Å². The highest BCUT2D eigenvalue weighted by atomic mass is 35.5. The quantitative estimate of drug-likeness (QED) is 0.828. The summed E-state index contributed by atoms with van der Waals surface area (Å²) < 4.78 is 0. The molecule has 0 radical (unpaired) electrons. The van der Waals surface area contributed by atoms with Gasteiger partial charge in [0.05, 0.1) is 10.6 Å². The van der Waals surface area contributed by atoms with Crippen LogP contribution in [0.2, 0.25) is 5.02 Å². The van der Waals surface area contributed by atoms with Crippen LogP contribution in [0, 0.1) is 0 Å². The van der Waals surface area contributed by atoms with E-state index in [0.29, 0.717) is 17.9 Å². The van der Waals surface area contributed by atoms with Gasteiger partial charge in [0, 0.05) is 24.5 Å². The first kappa shape index (κ1) is 12.5. The van der Waals surface area contributed by atoms with Crippen molar-refractivity contribution < 1.29 is 5.11 Å². The summed E-state index contributed by atoms with van der Waals surface area (Å²) in [7, 11) is 0. The van der Waals surface area contributed by atoms with Crippen molar-refractivity contribution in [2.45, 2.75) is 24.9 Å². The first-order valence-corrected chi connectivity index (χ1v) is 6.66. The van der Waals surface area contributed by atoms with Crippen LogP contribution in [0.4, 0.5) is 5.69 Å². The second kappa shape index (κ2) is 4.51. The molecule has 0 saturated heterocycles. The summed E-state index contributed by atoms with van der Waals surface area (Å²) in [6.07, 6.45) is 5.36. The Labute approximate surface area is 117 Å². The van der Waals surface area contributed by atoms with Gasteiger partial charge in [0.2, 0.25) is 0 Å². The van der Waals surface area contributed by atoms with E-state index < -0.39 is 5.60 Å².